The summed E-state index contributed by atoms with van der Waals surface area (Å²) in [6.07, 6.45) is 5.75. The molecule has 0 aromatic heterocycles. The molecule has 0 aromatic carbocycles. The van der Waals surface area contributed by atoms with Crippen molar-refractivity contribution in [3.05, 3.63) is 0 Å². The molecule has 4 nitrogen and oxygen atoms in total. The van der Waals surface area contributed by atoms with E-state index in [4.69, 9.17) is 15.2 Å². The lowest BCUT2D eigenvalue weighted by Gasteiger charge is -2.34. The van der Waals surface area contributed by atoms with Gasteiger partial charge in [0.25, 0.3) is 0 Å². The molecule has 0 spiro atoms. The molecule has 18 heavy (non-hydrogen) atoms. The maximum absolute atomic E-state index is 12.3. The molecule has 1 saturated carbocycles. The topological polar surface area (TPSA) is 61.5 Å². The molecule has 2 N–H and O–H groups in total. The highest BCUT2D eigenvalue weighted by Crippen LogP contribution is 2.34. The van der Waals surface area contributed by atoms with E-state index in [1.54, 1.807) is 0 Å². The number of carbonyl (C=O) groups is 1. The Bertz CT molecular complexity index is 307. The van der Waals surface area contributed by atoms with E-state index in [0.29, 0.717) is 19.1 Å². The van der Waals surface area contributed by atoms with E-state index in [0.717, 1.165) is 19.3 Å². The first kappa shape index (κ1) is 13.8. The van der Waals surface area contributed by atoms with E-state index in [-0.39, 0.29) is 18.1 Å². The highest BCUT2D eigenvalue weighted by Gasteiger charge is 2.47. The van der Waals surface area contributed by atoms with Crippen LogP contribution in [0.15, 0.2) is 0 Å². The van der Waals surface area contributed by atoms with E-state index < -0.39 is 5.41 Å². The van der Waals surface area contributed by atoms with Gasteiger partial charge in [-0.2, -0.15) is 0 Å². The molecule has 1 aliphatic carbocycles. The summed E-state index contributed by atoms with van der Waals surface area (Å²) < 4.78 is 11.1. The van der Waals surface area contributed by atoms with E-state index in [1.165, 1.54) is 12.8 Å². The molecule has 4 heteroatoms. The second kappa shape index (κ2) is 5.57. The van der Waals surface area contributed by atoms with Gasteiger partial charge in [-0.1, -0.05) is 13.3 Å². The van der Waals surface area contributed by atoms with E-state index >= 15 is 0 Å². The van der Waals surface area contributed by atoms with Crippen molar-refractivity contribution in [1.29, 1.82) is 0 Å². The number of hydrogen-bond donors (Lipinski definition) is 1. The predicted octanol–water partition coefficient (Wildman–Crippen LogP) is 1.86. The molecule has 1 heterocycles. The number of rotatable bonds is 3. The molecule has 0 radical (unpaired) electrons. The highest BCUT2D eigenvalue weighted by atomic mass is 16.6. The Morgan fingerprint density at radius 1 is 1.44 bits per heavy atom. The first-order chi connectivity index (χ1) is 8.58. The second-order valence-electron chi connectivity index (χ2n) is 5.94. The van der Waals surface area contributed by atoms with Crippen molar-refractivity contribution < 1.29 is 14.3 Å². The van der Waals surface area contributed by atoms with Crippen molar-refractivity contribution in [2.24, 2.45) is 17.1 Å². The van der Waals surface area contributed by atoms with Crippen LogP contribution in [-0.2, 0) is 14.3 Å². The fraction of sp³-hybridized carbons (Fsp3) is 0.929. The Morgan fingerprint density at radius 3 is 2.78 bits per heavy atom. The lowest BCUT2D eigenvalue weighted by molar-refractivity contribution is -0.165. The number of hydrogen-bond acceptors (Lipinski definition) is 4. The lowest BCUT2D eigenvalue weighted by atomic mass is 9.83. The predicted molar refractivity (Wildman–Crippen MR) is 69.0 cm³/mol. The van der Waals surface area contributed by atoms with Gasteiger partial charge in [-0.15, -0.1) is 0 Å². The van der Waals surface area contributed by atoms with Crippen LogP contribution in [0, 0.1) is 11.3 Å². The van der Waals surface area contributed by atoms with Gasteiger partial charge in [-0.25, -0.2) is 0 Å². The number of esters is 1. The minimum Gasteiger partial charge on any atom is -0.462 e. The molecular formula is C14H25NO3. The summed E-state index contributed by atoms with van der Waals surface area (Å²) in [5.74, 6) is 0.350. The average Bonchev–Trinajstić information content (AvgIpc) is 2.71. The normalized spacial score (nSPS) is 40.7. The Balaban J connectivity index is 1.97. The third-order valence-electron chi connectivity index (χ3n) is 4.61. The zero-order chi connectivity index (χ0) is 13.2. The van der Waals surface area contributed by atoms with Gasteiger partial charge in [0.05, 0.1) is 13.2 Å². The van der Waals surface area contributed by atoms with Gasteiger partial charge in [-0.05, 0) is 38.5 Å². The number of nitrogens with two attached hydrogens (primary N) is 1. The van der Waals surface area contributed by atoms with Crippen molar-refractivity contribution >= 4 is 5.97 Å². The summed E-state index contributed by atoms with van der Waals surface area (Å²) >= 11 is 0. The Kier molecular flexibility index (Phi) is 4.28. The van der Waals surface area contributed by atoms with Crippen molar-refractivity contribution in [1.82, 2.24) is 0 Å². The molecule has 2 aliphatic rings. The van der Waals surface area contributed by atoms with Gasteiger partial charge in [-0.3, -0.25) is 4.79 Å². The Hall–Kier alpha value is -0.610. The van der Waals surface area contributed by atoms with Crippen molar-refractivity contribution in [2.75, 3.05) is 13.2 Å². The van der Waals surface area contributed by atoms with E-state index in [2.05, 4.69) is 6.92 Å². The van der Waals surface area contributed by atoms with Crippen LogP contribution in [0.1, 0.15) is 46.0 Å². The van der Waals surface area contributed by atoms with Crippen LogP contribution >= 0.6 is 0 Å². The van der Waals surface area contributed by atoms with Gasteiger partial charge in [0.2, 0.25) is 0 Å². The molecule has 2 rings (SSSR count). The van der Waals surface area contributed by atoms with E-state index in [9.17, 15) is 4.79 Å². The Labute approximate surface area is 109 Å². The largest absolute Gasteiger partial charge is 0.462 e. The summed E-state index contributed by atoms with van der Waals surface area (Å²) in [5.41, 5.74) is 5.30. The third kappa shape index (κ3) is 2.54. The Morgan fingerprint density at radius 2 is 2.17 bits per heavy atom. The highest BCUT2D eigenvalue weighted by molar-refractivity contribution is 5.78. The van der Waals surface area contributed by atoms with Crippen molar-refractivity contribution in [3.63, 3.8) is 0 Å². The van der Waals surface area contributed by atoms with Crippen LogP contribution in [-0.4, -0.2) is 31.3 Å². The standard InChI is InChI=1S/C14H25NO3/c1-3-10-6-4-5-7-11(10)18-13(16)14(2)9-17-8-12(14)15/h10-12H,3-9,15H2,1-2H3. The van der Waals surface area contributed by atoms with Crippen molar-refractivity contribution in [2.45, 2.75) is 58.1 Å². The summed E-state index contributed by atoms with van der Waals surface area (Å²) in [4.78, 5) is 12.3. The van der Waals surface area contributed by atoms with Crippen LogP contribution in [0.4, 0.5) is 0 Å². The maximum Gasteiger partial charge on any atom is 0.316 e. The first-order valence-corrected chi connectivity index (χ1v) is 7.12. The molecule has 2 fully saturated rings. The minimum atomic E-state index is -0.657. The van der Waals surface area contributed by atoms with Crippen LogP contribution in [0.5, 0.6) is 0 Å². The summed E-state index contributed by atoms with van der Waals surface area (Å²) in [7, 11) is 0. The molecular weight excluding hydrogens is 230 g/mol. The quantitative estimate of drug-likeness (QED) is 0.782. The summed E-state index contributed by atoms with van der Waals surface area (Å²) in [6, 6.07) is -0.242. The van der Waals surface area contributed by atoms with Crippen LogP contribution in [0.2, 0.25) is 0 Å². The minimum absolute atomic E-state index is 0.0841. The smallest absolute Gasteiger partial charge is 0.316 e. The van der Waals surface area contributed by atoms with Gasteiger partial charge >= 0.3 is 5.97 Å². The average molecular weight is 255 g/mol. The molecule has 4 atom stereocenters. The van der Waals surface area contributed by atoms with Gasteiger partial charge in [0.1, 0.15) is 11.5 Å². The fourth-order valence-corrected chi connectivity index (χ4v) is 2.97. The fourth-order valence-electron chi connectivity index (χ4n) is 2.97. The zero-order valence-electron chi connectivity index (χ0n) is 11.5. The lowest BCUT2D eigenvalue weighted by Crippen LogP contribution is -2.47. The molecule has 1 saturated heterocycles. The van der Waals surface area contributed by atoms with Gasteiger partial charge < -0.3 is 15.2 Å². The number of ether oxygens (including phenoxy) is 2. The molecule has 1 aliphatic heterocycles. The summed E-state index contributed by atoms with van der Waals surface area (Å²) in [5, 5.41) is 0. The zero-order valence-corrected chi connectivity index (χ0v) is 11.5. The van der Waals surface area contributed by atoms with Crippen LogP contribution in [0.25, 0.3) is 0 Å². The van der Waals surface area contributed by atoms with E-state index in [1.807, 2.05) is 6.92 Å². The monoisotopic (exact) mass is 255 g/mol. The van der Waals surface area contributed by atoms with Crippen molar-refractivity contribution in [3.8, 4) is 0 Å². The number of carbonyl (C=O) groups excluding carboxylic acids is 1. The van der Waals surface area contributed by atoms with Crippen LogP contribution in [0.3, 0.4) is 0 Å². The molecule has 0 bridgehead atoms. The maximum atomic E-state index is 12.3. The van der Waals surface area contributed by atoms with Gasteiger partial charge in [0.15, 0.2) is 0 Å². The summed E-state index contributed by atoms with van der Waals surface area (Å²) in [6.45, 7) is 4.86. The molecule has 4 unspecified atom stereocenters. The first-order valence-electron chi connectivity index (χ1n) is 7.12. The SMILES string of the molecule is CCC1CCCCC1OC(=O)C1(C)COCC1N. The second-order valence-corrected chi connectivity index (χ2v) is 5.94. The van der Waals surface area contributed by atoms with Crippen LogP contribution < -0.4 is 5.73 Å². The molecule has 104 valence electrons. The van der Waals surface area contributed by atoms with Gasteiger partial charge in [0, 0.05) is 6.04 Å². The molecule has 0 amide bonds. The third-order valence-corrected chi connectivity index (χ3v) is 4.61. The molecule has 0 aromatic rings.